The lowest BCUT2D eigenvalue weighted by Crippen LogP contribution is -2.00. The van der Waals surface area contributed by atoms with Crippen LogP contribution in [0, 0.1) is 98.9 Å². The van der Waals surface area contributed by atoms with Crippen LogP contribution in [0.2, 0.25) is 0 Å². The third kappa shape index (κ3) is 23.3. The van der Waals surface area contributed by atoms with Crippen molar-refractivity contribution in [2.24, 2.45) is 0 Å². The van der Waals surface area contributed by atoms with Gasteiger partial charge in [-0.1, -0.05) is 344 Å². The molecule has 0 aliphatic carbocycles. The van der Waals surface area contributed by atoms with Crippen molar-refractivity contribution in [3.8, 4) is 111 Å². The highest BCUT2D eigenvalue weighted by Gasteiger charge is 2.26. The number of benzene rings is 15. The highest BCUT2D eigenvalue weighted by Crippen LogP contribution is 2.41. The quantitative estimate of drug-likeness (QED) is 0.0500. The summed E-state index contributed by atoms with van der Waals surface area (Å²) in [6.07, 6.45) is 11.1. The first-order chi connectivity index (χ1) is 63.6. The lowest BCUT2D eigenvalue weighted by molar-refractivity contribution is 0.495. The molecule has 15 rings (SSSR count). The zero-order valence-corrected chi connectivity index (χ0v) is 75.4. The van der Waals surface area contributed by atoms with Crippen molar-refractivity contribution in [2.45, 2.75) is 166 Å². The number of hydrogen-bond acceptors (Lipinski definition) is 0. The second-order valence-corrected chi connectivity index (χ2v) is 32.2. The molecule has 132 heavy (non-hydrogen) atoms. The third-order valence-electron chi connectivity index (χ3n) is 23.3. The second kappa shape index (κ2) is 46.8. The van der Waals surface area contributed by atoms with Gasteiger partial charge >= 0.3 is 0 Å². The molecule has 0 radical (unpaired) electrons. The van der Waals surface area contributed by atoms with Gasteiger partial charge in [-0.2, -0.15) is 0 Å². The minimum Gasteiger partial charge on any atom is -0.206 e. The van der Waals surface area contributed by atoms with Gasteiger partial charge in [-0.05, 0) is 183 Å². The van der Waals surface area contributed by atoms with Crippen LogP contribution in [0.3, 0.4) is 0 Å². The summed E-state index contributed by atoms with van der Waals surface area (Å²) in [6.45, 7) is 19.3. The molecule has 0 bridgehead atoms. The average molecular weight is 1810 g/mol. The van der Waals surface area contributed by atoms with E-state index < -0.39 is 98.9 Å². The Balaban J connectivity index is 0.000000159. The molecule has 0 aliphatic heterocycles. The van der Waals surface area contributed by atoms with Crippen molar-refractivity contribution in [3.05, 3.63) is 415 Å². The van der Waals surface area contributed by atoms with E-state index in [2.05, 4.69) is 27.7 Å². The molecule has 0 unspecified atom stereocenters. The van der Waals surface area contributed by atoms with E-state index >= 15 is 0 Å². The molecule has 0 amide bonds. The normalized spacial score (nSPS) is 11.0. The summed E-state index contributed by atoms with van der Waals surface area (Å²) in [7, 11) is 0. The first kappa shape index (κ1) is 99.7. The minimum absolute atomic E-state index is 0.0484. The molecule has 0 N–H and O–H groups in total. The van der Waals surface area contributed by atoms with Crippen molar-refractivity contribution < 1.29 is 74.6 Å². The van der Waals surface area contributed by atoms with E-state index in [1.165, 1.54) is 126 Å². The maximum Gasteiger partial charge on any atom is 0.167 e. The Hall–Kier alpha value is -12.9. The topological polar surface area (TPSA) is 0 Å². The molecule has 0 aliphatic rings. The summed E-state index contributed by atoms with van der Waals surface area (Å²) < 4.78 is 245. The van der Waals surface area contributed by atoms with E-state index in [1.807, 2.05) is 118 Å². The van der Waals surface area contributed by atoms with Gasteiger partial charge in [0.15, 0.2) is 81.4 Å². The molecule has 15 aromatic rings. The van der Waals surface area contributed by atoms with E-state index in [1.54, 1.807) is 75.4 Å². The monoisotopic (exact) mass is 1810 g/mol. The average Bonchev–Trinajstić information content (AvgIpc) is 0.788. The van der Waals surface area contributed by atoms with Crippen molar-refractivity contribution in [1.29, 1.82) is 0 Å². The Kier molecular flexibility index (Phi) is 35.3. The minimum atomic E-state index is -1.19. The zero-order valence-electron chi connectivity index (χ0n) is 75.4. The predicted octanol–water partition coefficient (Wildman–Crippen LogP) is 35.0. The Morgan fingerprint density at radius 1 is 0.136 bits per heavy atom. The van der Waals surface area contributed by atoms with Crippen molar-refractivity contribution in [2.75, 3.05) is 0 Å². The summed E-state index contributed by atoms with van der Waals surface area (Å²) >= 11 is 0. The number of hydrogen-bond donors (Lipinski definition) is 0. The van der Waals surface area contributed by atoms with Gasteiger partial charge in [0, 0.05) is 66.8 Å². The van der Waals surface area contributed by atoms with Gasteiger partial charge in [-0.3, -0.25) is 0 Å². The maximum absolute atomic E-state index is 14.7. The summed E-state index contributed by atoms with van der Waals surface area (Å²) in [5.74, 6) is -16.0. The predicted molar refractivity (Wildman–Crippen MR) is 503 cm³/mol. The molecule has 0 saturated heterocycles. The van der Waals surface area contributed by atoms with Gasteiger partial charge in [0.1, 0.15) is 17.5 Å². The summed E-state index contributed by atoms with van der Waals surface area (Å²) in [4.78, 5) is 0. The van der Waals surface area contributed by atoms with Crippen LogP contribution in [0.15, 0.2) is 261 Å². The van der Waals surface area contributed by atoms with Crippen LogP contribution < -0.4 is 0 Å². The first-order valence-corrected chi connectivity index (χ1v) is 44.8. The Morgan fingerprint density at radius 2 is 0.326 bits per heavy atom. The van der Waals surface area contributed by atoms with E-state index in [4.69, 9.17) is 0 Å². The zero-order chi connectivity index (χ0) is 95.1. The van der Waals surface area contributed by atoms with Gasteiger partial charge < -0.3 is 0 Å². The van der Waals surface area contributed by atoms with Gasteiger partial charge in [-0.15, -0.1) is 0 Å². The van der Waals surface area contributed by atoms with Crippen LogP contribution in [-0.4, -0.2) is 0 Å². The third-order valence-corrected chi connectivity index (χ3v) is 23.3. The van der Waals surface area contributed by atoms with Crippen molar-refractivity contribution in [3.63, 3.8) is 0 Å². The lowest BCUT2D eigenvalue weighted by atomic mass is 9.96. The van der Waals surface area contributed by atoms with Crippen LogP contribution in [0.1, 0.15) is 157 Å². The highest BCUT2D eigenvalue weighted by molar-refractivity contribution is 5.78. The smallest absolute Gasteiger partial charge is 0.167 e. The molecule has 0 aromatic heterocycles. The fraction of sp³-hybridized carbons (Fsp3) is 0.217. The van der Waals surface area contributed by atoms with Crippen LogP contribution >= 0.6 is 0 Å². The molecule has 0 spiro atoms. The van der Waals surface area contributed by atoms with Crippen LogP contribution in [-0.2, 0) is 64.2 Å². The van der Waals surface area contributed by atoms with Crippen molar-refractivity contribution >= 4 is 0 Å². The second-order valence-electron chi connectivity index (χ2n) is 32.2. The molecule has 0 atom stereocenters. The molecule has 0 fully saturated rings. The fourth-order valence-electron chi connectivity index (χ4n) is 15.7. The largest absolute Gasteiger partial charge is 0.206 e. The highest BCUT2D eigenvalue weighted by atomic mass is 19.2. The Morgan fingerprint density at radius 3 is 0.621 bits per heavy atom. The Bertz CT molecular complexity index is 6470. The summed E-state index contributed by atoms with van der Waals surface area (Å²) in [5.41, 5.74) is 12.1. The molecular formula is C115H103F17. The number of rotatable bonds is 25. The maximum atomic E-state index is 14.7. The van der Waals surface area contributed by atoms with Crippen molar-refractivity contribution in [1.82, 2.24) is 0 Å². The van der Waals surface area contributed by atoms with Crippen LogP contribution in [0.25, 0.3) is 111 Å². The lowest BCUT2D eigenvalue weighted by Gasteiger charge is -2.12. The first-order valence-electron chi connectivity index (χ1n) is 44.8. The van der Waals surface area contributed by atoms with Gasteiger partial charge in [-0.25, -0.2) is 74.6 Å². The molecule has 682 valence electrons. The molecule has 0 saturated carbocycles. The van der Waals surface area contributed by atoms with E-state index in [9.17, 15) is 74.6 Å². The van der Waals surface area contributed by atoms with E-state index in [-0.39, 0.29) is 77.9 Å². The van der Waals surface area contributed by atoms with E-state index in [0.717, 1.165) is 85.6 Å². The number of aryl methyl sites for hydroxylation is 10. The molecular weight excluding hydrogens is 1700 g/mol. The summed E-state index contributed by atoms with van der Waals surface area (Å²) in [6, 6.07) is 71.5. The van der Waals surface area contributed by atoms with Crippen LogP contribution in [0.4, 0.5) is 74.6 Å². The molecule has 0 heterocycles. The van der Waals surface area contributed by atoms with E-state index in [0.29, 0.717) is 83.0 Å². The fourth-order valence-corrected chi connectivity index (χ4v) is 15.7. The number of halogens is 17. The van der Waals surface area contributed by atoms with Crippen LogP contribution in [0.5, 0.6) is 0 Å². The van der Waals surface area contributed by atoms with Gasteiger partial charge in [0.25, 0.3) is 0 Å². The molecule has 17 heteroatoms. The molecule has 0 nitrogen and oxygen atoms in total. The van der Waals surface area contributed by atoms with Gasteiger partial charge in [0.2, 0.25) is 0 Å². The standard InChI is InChI=1S/2C23H20F4.3C23H21F3/c1-3-5-14-6-8-16(9-7-14)17-12-13-19(23(27)21(17)25)18-11-10-15(4-2)20(24)22(18)26;1-3-5-16-10-11-18(22(26)20(16)24)19-13-12-17(21(25)23(19)27)15-8-6-14(4-2)7-9-15;1-3-5-15-6-8-17(9-7-15)19-12-11-18(14-21(19)24)20-13-10-16(4-2)22(25)23(20)26;1-3-5-15-6-8-17(9-7-15)18-11-12-19(21(24)14-18)20-13-10-16(4-2)22(25)23(20)26;1-3-5-17-10-13-20(23(26)22(17)25)19-12-11-18(14-21(19)24)16-8-6-15(4-2)7-9-16/h2*6-13H,3-5H2,1-2H3;3*6-14H,3-5H2,1-2H3. The molecule has 15 aromatic carbocycles. The SMILES string of the molecule is CCCc1ccc(-c2ccc(-c3ccc(CC)c(F)c3F)c(F)c2)cc1.CCCc1ccc(-c2ccc(-c3ccc(CC)c(F)c3F)c(F)c2F)cc1.CCCc1ccc(-c2ccc(-c3ccc(CC)c(F)c3F)cc2F)cc1.CCCc1ccc(-c2ccc(-c3ccc(CC)cc3)c(F)c2F)c(F)c1F.CCCc1ccc(-c2ccc(-c3ccc(CC)cc3)cc2F)c(F)c1F. The summed E-state index contributed by atoms with van der Waals surface area (Å²) in [5, 5.41) is 0. The van der Waals surface area contributed by atoms with Gasteiger partial charge in [0.05, 0.1) is 0 Å². The Labute approximate surface area is 762 Å².